The number of thioether (sulfide) groups is 1. The Bertz CT molecular complexity index is 542. The summed E-state index contributed by atoms with van der Waals surface area (Å²) in [6.07, 6.45) is 4.07. The number of carbonyl (C=O) groups is 1. The number of nitrogens with zero attached hydrogens (tertiary/aromatic N) is 5. The SMILES string of the molecule is Cn1ncnc1SCc1ncncc1C(=O)O. The number of carboxylic acid groups (broad SMARTS) is 1. The molecule has 0 amide bonds. The molecule has 2 aromatic rings. The Morgan fingerprint density at radius 1 is 1.47 bits per heavy atom. The van der Waals surface area contributed by atoms with Crippen LogP contribution in [0.15, 0.2) is 24.0 Å². The van der Waals surface area contributed by atoms with E-state index in [1.807, 2.05) is 0 Å². The molecule has 0 radical (unpaired) electrons. The summed E-state index contributed by atoms with van der Waals surface area (Å²) in [5.41, 5.74) is 0.586. The fraction of sp³-hybridized carbons (Fsp3) is 0.222. The van der Waals surface area contributed by atoms with Gasteiger partial charge >= 0.3 is 5.97 Å². The van der Waals surface area contributed by atoms with E-state index < -0.39 is 5.97 Å². The molecule has 0 saturated heterocycles. The first-order chi connectivity index (χ1) is 8.18. The largest absolute Gasteiger partial charge is 0.478 e. The van der Waals surface area contributed by atoms with Crippen molar-refractivity contribution in [2.75, 3.05) is 0 Å². The zero-order valence-electron chi connectivity index (χ0n) is 8.94. The number of aromatic nitrogens is 5. The molecule has 0 fully saturated rings. The lowest BCUT2D eigenvalue weighted by Crippen LogP contribution is -2.05. The van der Waals surface area contributed by atoms with Crippen molar-refractivity contribution < 1.29 is 9.90 Å². The predicted octanol–water partition coefficient (Wildman–Crippen LogP) is 0.596. The number of aryl methyl sites for hydroxylation is 1. The summed E-state index contributed by atoms with van der Waals surface area (Å²) in [5, 5.41) is 13.6. The maximum Gasteiger partial charge on any atom is 0.339 e. The van der Waals surface area contributed by atoms with Crippen LogP contribution in [0.25, 0.3) is 0 Å². The zero-order valence-corrected chi connectivity index (χ0v) is 9.76. The van der Waals surface area contributed by atoms with Gasteiger partial charge in [0.15, 0.2) is 5.16 Å². The van der Waals surface area contributed by atoms with E-state index in [0.717, 1.165) is 0 Å². The highest BCUT2D eigenvalue weighted by Crippen LogP contribution is 2.20. The first-order valence-corrected chi connectivity index (χ1v) is 5.66. The summed E-state index contributed by atoms with van der Waals surface area (Å²) < 4.78 is 1.62. The van der Waals surface area contributed by atoms with Crippen LogP contribution < -0.4 is 0 Å². The second-order valence-corrected chi connectivity index (χ2v) is 4.09. The Balaban J connectivity index is 2.14. The number of aromatic carboxylic acids is 1. The third kappa shape index (κ3) is 2.59. The van der Waals surface area contributed by atoms with Gasteiger partial charge in [0.1, 0.15) is 18.2 Å². The molecule has 0 aliphatic heterocycles. The minimum atomic E-state index is -1.03. The average molecular weight is 251 g/mol. The molecule has 0 aliphatic rings. The van der Waals surface area contributed by atoms with Crippen LogP contribution in [0.3, 0.4) is 0 Å². The van der Waals surface area contributed by atoms with E-state index in [4.69, 9.17) is 5.11 Å². The topological polar surface area (TPSA) is 93.8 Å². The molecule has 17 heavy (non-hydrogen) atoms. The van der Waals surface area contributed by atoms with Crippen LogP contribution in [0.1, 0.15) is 16.1 Å². The van der Waals surface area contributed by atoms with Crippen molar-refractivity contribution in [3.05, 3.63) is 30.1 Å². The summed E-state index contributed by atoms with van der Waals surface area (Å²) in [4.78, 5) is 22.6. The van der Waals surface area contributed by atoms with Gasteiger partial charge in [-0.25, -0.2) is 24.4 Å². The summed E-state index contributed by atoms with van der Waals surface area (Å²) in [6.45, 7) is 0. The molecule has 0 aromatic carbocycles. The Kier molecular flexibility index (Phi) is 3.33. The second kappa shape index (κ2) is 4.91. The molecule has 2 aromatic heterocycles. The Hall–Kier alpha value is -1.96. The fourth-order valence-electron chi connectivity index (χ4n) is 1.20. The van der Waals surface area contributed by atoms with Crippen molar-refractivity contribution in [1.82, 2.24) is 24.7 Å². The molecule has 88 valence electrons. The van der Waals surface area contributed by atoms with E-state index >= 15 is 0 Å². The van der Waals surface area contributed by atoms with E-state index in [9.17, 15) is 4.79 Å². The van der Waals surface area contributed by atoms with E-state index in [2.05, 4.69) is 20.1 Å². The van der Waals surface area contributed by atoms with Gasteiger partial charge in [-0.05, 0) is 0 Å². The van der Waals surface area contributed by atoms with Crippen molar-refractivity contribution in [2.24, 2.45) is 7.05 Å². The van der Waals surface area contributed by atoms with Gasteiger partial charge in [0.25, 0.3) is 0 Å². The smallest absolute Gasteiger partial charge is 0.339 e. The van der Waals surface area contributed by atoms with Gasteiger partial charge in [-0.3, -0.25) is 0 Å². The standard InChI is InChI=1S/C9H9N5O2S/c1-14-9(12-5-13-14)17-3-7-6(8(15)16)2-10-4-11-7/h2,4-5H,3H2,1H3,(H,15,16). The van der Waals surface area contributed by atoms with Crippen molar-refractivity contribution in [3.8, 4) is 0 Å². The van der Waals surface area contributed by atoms with E-state index in [0.29, 0.717) is 16.6 Å². The molecule has 1 N–H and O–H groups in total. The number of rotatable bonds is 4. The molecule has 7 nitrogen and oxygen atoms in total. The van der Waals surface area contributed by atoms with Gasteiger partial charge in [0.05, 0.1) is 5.69 Å². The molecule has 8 heteroatoms. The average Bonchev–Trinajstić information content (AvgIpc) is 2.72. The van der Waals surface area contributed by atoms with Crippen LogP contribution in [0, 0.1) is 0 Å². The lowest BCUT2D eigenvalue weighted by molar-refractivity contribution is 0.0695. The Morgan fingerprint density at radius 2 is 2.29 bits per heavy atom. The summed E-state index contributed by atoms with van der Waals surface area (Å²) in [7, 11) is 1.77. The van der Waals surface area contributed by atoms with Crippen LogP contribution in [-0.4, -0.2) is 35.8 Å². The molecule has 0 spiro atoms. The highest BCUT2D eigenvalue weighted by Gasteiger charge is 2.12. The zero-order chi connectivity index (χ0) is 12.3. The Labute approximate surface area is 101 Å². The summed E-state index contributed by atoms with van der Waals surface area (Å²) >= 11 is 1.37. The minimum Gasteiger partial charge on any atom is -0.478 e. The molecular weight excluding hydrogens is 242 g/mol. The highest BCUT2D eigenvalue weighted by molar-refractivity contribution is 7.98. The first kappa shape index (κ1) is 11.5. The van der Waals surface area contributed by atoms with Gasteiger partial charge in [-0.2, -0.15) is 5.10 Å². The van der Waals surface area contributed by atoms with Crippen molar-refractivity contribution in [3.63, 3.8) is 0 Å². The van der Waals surface area contributed by atoms with E-state index in [1.54, 1.807) is 11.7 Å². The summed E-state index contributed by atoms with van der Waals surface area (Å²) in [6, 6.07) is 0. The lowest BCUT2D eigenvalue weighted by Gasteiger charge is -2.03. The first-order valence-electron chi connectivity index (χ1n) is 4.67. The van der Waals surface area contributed by atoms with Gasteiger partial charge in [-0.15, -0.1) is 0 Å². The van der Waals surface area contributed by atoms with Crippen molar-refractivity contribution >= 4 is 17.7 Å². The minimum absolute atomic E-state index is 0.113. The quantitative estimate of drug-likeness (QED) is 0.795. The van der Waals surface area contributed by atoms with E-state index in [1.165, 1.54) is 30.6 Å². The van der Waals surface area contributed by atoms with Crippen molar-refractivity contribution in [1.29, 1.82) is 0 Å². The predicted molar refractivity (Wildman–Crippen MR) is 59.6 cm³/mol. The molecule has 0 aliphatic carbocycles. The Morgan fingerprint density at radius 3 is 2.94 bits per heavy atom. The molecule has 0 saturated carbocycles. The number of hydrogen-bond acceptors (Lipinski definition) is 6. The molecule has 0 unspecified atom stereocenters. The number of carboxylic acids is 1. The second-order valence-electron chi connectivity index (χ2n) is 3.14. The van der Waals surface area contributed by atoms with Gasteiger partial charge in [-0.1, -0.05) is 11.8 Å². The van der Waals surface area contributed by atoms with Crippen LogP contribution >= 0.6 is 11.8 Å². The van der Waals surface area contributed by atoms with Gasteiger partial charge < -0.3 is 5.11 Å². The van der Waals surface area contributed by atoms with Gasteiger partial charge in [0, 0.05) is 19.0 Å². The maximum absolute atomic E-state index is 10.9. The van der Waals surface area contributed by atoms with Crippen LogP contribution in [0.4, 0.5) is 0 Å². The highest BCUT2D eigenvalue weighted by atomic mass is 32.2. The molecule has 2 heterocycles. The maximum atomic E-state index is 10.9. The fourth-order valence-corrected chi connectivity index (χ4v) is 2.05. The third-order valence-corrected chi connectivity index (χ3v) is 3.08. The lowest BCUT2D eigenvalue weighted by atomic mass is 10.2. The summed E-state index contributed by atoms with van der Waals surface area (Å²) in [5.74, 6) is -0.615. The molecule has 0 bridgehead atoms. The molecule has 2 rings (SSSR count). The van der Waals surface area contributed by atoms with Crippen LogP contribution in [0.2, 0.25) is 0 Å². The van der Waals surface area contributed by atoms with Crippen molar-refractivity contribution in [2.45, 2.75) is 10.9 Å². The normalized spacial score (nSPS) is 10.4. The van der Waals surface area contributed by atoms with E-state index in [-0.39, 0.29) is 5.56 Å². The molecule has 0 atom stereocenters. The van der Waals surface area contributed by atoms with Gasteiger partial charge in [0.2, 0.25) is 0 Å². The monoisotopic (exact) mass is 251 g/mol. The third-order valence-electron chi connectivity index (χ3n) is 2.03. The van der Waals surface area contributed by atoms with Crippen LogP contribution in [-0.2, 0) is 12.8 Å². The molecular formula is C9H9N5O2S. The number of hydrogen-bond donors (Lipinski definition) is 1. The van der Waals surface area contributed by atoms with Crippen LogP contribution in [0.5, 0.6) is 0 Å².